The molecule has 1 unspecified atom stereocenters. The summed E-state index contributed by atoms with van der Waals surface area (Å²) < 4.78 is 16.5. The van der Waals surface area contributed by atoms with Crippen LogP contribution in [0.1, 0.15) is 47.8 Å². The summed E-state index contributed by atoms with van der Waals surface area (Å²) in [5.74, 6) is -1.91. The van der Waals surface area contributed by atoms with Crippen LogP contribution in [0.5, 0.6) is 0 Å². The lowest BCUT2D eigenvalue weighted by molar-refractivity contribution is 0.0694. The Labute approximate surface area is 207 Å². The molecule has 2 atom stereocenters. The van der Waals surface area contributed by atoms with Crippen molar-refractivity contribution < 1.29 is 19.4 Å². The number of nitrogens with two attached hydrogens (primary N) is 1. The summed E-state index contributed by atoms with van der Waals surface area (Å²) in [5.41, 5.74) is 7.50. The molecule has 35 heavy (non-hydrogen) atoms. The number of aromatic nitrogens is 1. The van der Waals surface area contributed by atoms with Gasteiger partial charge in [-0.05, 0) is 41.7 Å². The molecule has 9 heteroatoms. The molecule has 4 rings (SSSR count). The fourth-order valence-corrected chi connectivity index (χ4v) is 5.00. The Balaban J connectivity index is 2.02. The van der Waals surface area contributed by atoms with Gasteiger partial charge in [-0.1, -0.05) is 37.6 Å². The molecule has 4 N–H and O–H groups in total. The van der Waals surface area contributed by atoms with Gasteiger partial charge in [0, 0.05) is 42.8 Å². The molecule has 2 heterocycles. The second kappa shape index (κ2) is 9.97. The molecule has 1 fully saturated rings. The number of carboxylic acid groups (broad SMARTS) is 1. The molecule has 0 radical (unpaired) electrons. The first-order chi connectivity index (χ1) is 16.6. The van der Waals surface area contributed by atoms with Crippen molar-refractivity contribution in [2.45, 2.75) is 38.8 Å². The van der Waals surface area contributed by atoms with Gasteiger partial charge in [0.2, 0.25) is 5.43 Å². The summed E-state index contributed by atoms with van der Waals surface area (Å²) in [6.45, 7) is 4.91. The quantitative estimate of drug-likeness (QED) is 0.454. The molecule has 1 aliphatic rings. The maximum absolute atomic E-state index is 14.8. The summed E-state index contributed by atoms with van der Waals surface area (Å²) in [7, 11) is 0. The molecule has 0 aliphatic carbocycles. The molecule has 0 spiro atoms. The summed E-state index contributed by atoms with van der Waals surface area (Å²) in [6, 6.07) is 7.80. The largest absolute Gasteiger partial charge is 0.477 e. The number of anilines is 1. The first kappa shape index (κ1) is 25.2. The van der Waals surface area contributed by atoms with Gasteiger partial charge in [0.25, 0.3) is 0 Å². The van der Waals surface area contributed by atoms with Crippen LogP contribution in [-0.4, -0.2) is 46.5 Å². The van der Waals surface area contributed by atoms with Crippen molar-refractivity contribution in [2.75, 3.05) is 24.6 Å². The molecular weight excluding hydrogens is 473 g/mol. The number of aromatic carboxylic acids is 1. The van der Waals surface area contributed by atoms with E-state index in [2.05, 4.69) is 4.90 Å². The third kappa shape index (κ3) is 4.78. The molecule has 7 nitrogen and oxygen atoms in total. The number of hydrogen-bond donors (Lipinski definition) is 3. The standard InChI is InChI=1S/C26H29ClFN3O4/c1-14(2)23(13-32)31-12-19(26(34)35)25(33)18-9-16(8-15-4-3-5-20(27)24(15)28)21(10-22(18)31)30-7-6-17(29)11-30/h3-5,9-10,12,14,17,23,32H,6-8,11,13,29H2,1-2H3,(H,34,35)/t17-,23?/m0/s1. The average Bonchev–Trinajstić information content (AvgIpc) is 3.24. The topological polar surface area (TPSA) is 109 Å². The second-order valence-corrected chi connectivity index (χ2v) is 9.87. The van der Waals surface area contributed by atoms with Crippen molar-refractivity contribution in [3.05, 3.63) is 74.3 Å². The lowest BCUT2D eigenvalue weighted by atomic mass is 9.97. The van der Waals surface area contributed by atoms with Crippen molar-refractivity contribution in [3.8, 4) is 0 Å². The minimum absolute atomic E-state index is 0.00581. The lowest BCUT2D eigenvalue weighted by Crippen LogP contribution is -2.28. The van der Waals surface area contributed by atoms with Gasteiger partial charge in [-0.15, -0.1) is 0 Å². The monoisotopic (exact) mass is 501 g/mol. The molecule has 1 saturated heterocycles. The zero-order valence-electron chi connectivity index (χ0n) is 19.7. The summed E-state index contributed by atoms with van der Waals surface area (Å²) in [4.78, 5) is 27.2. The van der Waals surface area contributed by atoms with Crippen molar-refractivity contribution in [1.29, 1.82) is 0 Å². The number of carbonyl (C=O) groups is 1. The zero-order chi connectivity index (χ0) is 25.4. The number of aliphatic hydroxyl groups is 1. The van der Waals surface area contributed by atoms with E-state index in [9.17, 15) is 24.2 Å². The smallest absolute Gasteiger partial charge is 0.341 e. The molecule has 1 aliphatic heterocycles. The Morgan fingerprint density at radius 2 is 2.03 bits per heavy atom. The highest BCUT2D eigenvalue weighted by Gasteiger charge is 2.26. The van der Waals surface area contributed by atoms with Gasteiger partial charge in [-0.3, -0.25) is 4.79 Å². The van der Waals surface area contributed by atoms with Crippen molar-refractivity contribution in [1.82, 2.24) is 4.57 Å². The number of aliphatic hydroxyl groups excluding tert-OH is 1. The van der Waals surface area contributed by atoms with Gasteiger partial charge in [0.15, 0.2) is 0 Å². The van der Waals surface area contributed by atoms with Gasteiger partial charge in [0.1, 0.15) is 11.4 Å². The third-order valence-electron chi connectivity index (χ3n) is 6.75. The minimum atomic E-state index is -1.34. The van der Waals surface area contributed by atoms with Gasteiger partial charge < -0.3 is 25.4 Å². The van der Waals surface area contributed by atoms with E-state index in [0.717, 1.165) is 12.1 Å². The van der Waals surface area contributed by atoms with E-state index in [-0.39, 0.29) is 41.0 Å². The maximum Gasteiger partial charge on any atom is 0.341 e. The Morgan fingerprint density at radius 3 is 2.63 bits per heavy atom. The van der Waals surface area contributed by atoms with E-state index in [1.165, 1.54) is 12.3 Å². The summed E-state index contributed by atoms with van der Waals surface area (Å²) in [6.07, 6.45) is 2.26. The van der Waals surface area contributed by atoms with Crippen LogP contribution in [0.25, 0.3) is 10.9 Å². The lowest BCUT2D eigenvalue weighted by Gasteiger charge is -2.27. The molecule has 0 bridgehead atoms. The van der Waals surface area contributed by atoms with Crippen LogP contribution < -0.4 is 16.1 Å². The Kier molecular flexibility index (Phi) is 7.17. The SMILES string of the molecule is CC(C)C(CO)n1cc(C(=O)O)c(=O)c2cc(Cc3cccc(Cl)c3F)c(N3CC[C@H](N)C3)cc21. The van der Waals surface area contributed by atoms with Crippen LogP contribution in [-0.2, 0) is 6.42 Å². The molecule has 0 saturated carbocycles. The first-order valence-corrected chi connectivity index (χ1v) is 12.0. The maximum atomic E-state index is 14.8. The van der Waals surface area contributed by atoms with E-state index < -0.39 is 23.3 Å². The van der Waals surface area contributed by atoms with E-state index in [1.54, 1.807) is 22.8 Å². The van der Waals surface area contributed by atoms with Crippen LogP contribution in [0.3, 0.4) is 0 Å². The zero-order valence-corrected chi connectivity index (χ0v) is 20.4. The average molecular weight is 502 g/mol. The van der Waals surface area contributed by atoms with Gasteiger partial charge in [0.05, 0.1) is 23.2 Å². The molecule has 1 aromatic heterocycles. The van der Waals surface area contributed by atoms with Gasteiger partial charge in [-0.2, -0.15) is 0 Å². The van der Waals surface area contributed by atoms with Crippen molar-refractivity contribution >= 4 is 34.2 Å². The predicted octanol–water partition coefficient (Wildman–Crippen LogP) is 3.81. The highest BCUT2D eigenvalue weighted by Crippen LogP contribution is 2.33. The molecule has 3 aromatic rings. The normalized spacial score (nSPS) is 16.9. The van der Waals surface area contributed by atoms with Crippen LogP contribution in [0.4, 0.5) is 10.1 Å². The minimum Gasteiger partial charge on any atom is -0.477 e. The predicted molar refractivity (Wildman–Crippen MR) is 135 cm³/mol. The van der Waals surface area contributed by atoms with E-state index >= 15 is 0 Å². The number of fused-ring (bicyclic) bond motifs is 1. The van der Waals surface area contributed by atoms with Crippen LogP contribution in [0.2, 0.25) is 5.02 Å². The van der Waals surface area contributed by atoms with E-state index in [1.807, 2.05) is 19.9 Å². The Morgan fingerprint density at radius 1 is 1.29 bits per heavy atom. The first-order valence-electron chi connectivity index (χ1n) is 11.6. The number of hydrogen-bond acceptors (Lipinski definition) is 5. The molecule has 186 valence electrons. The van der Waals surface area contributed by atoms with Gasteiger partial charge in [-0.25, -0.2) is 9.18 Å². The number of nitrogens with zero attached hydrogens (tertiary/aromatic N) is 2. The number of benzene rings is 2. The molecule has 2 aromatic carbocycles. The highest BCUT2D eigenvalue weighted by molar-refractivity contribution is 6.30. The van der Waals surface area contributed by atoms with Crippen LogP contribution >= 0.6 is 11.6 Å². The third-order valence-corrected chi connectivity index (χ3v) is 7.05. The van der Waals surface area contributed by atoms with Crippen molar-refractivity contribution in [3.63, 3.8) is 0 Å². The fraction of sp³-hybridized carbons (Fsp3) is 0.385. The second-order valence-electron chi connectivity index (χ2n) is 9.46. The molecular formula is C26H29ClFN3O4. The van der Waals surface area contributed by atoms with Crippen molar-refractivity contribution in [2.24, 2.45) is 11.7 Å². The van der Waals surface area contributed by atoms with E-state index in [0.29, 0.717) is 29.7 Å². The number of rotatable bonds is 7. The Bertz CT molecular complexity index is 1340. The van der Waals surface area contributed by atoms with Crippen LogP contribution in [0, 0.1) is 11.7 Å². The fourth-order valence-electron chi connectivity index (χ4n) is 4.81. The molecule has 0 amide bonds. The summed E-state index contributed by atoms with van der Waals surface area (Å²) >= 11 is 6.00. The summed E-state index contributed by atoms with van der Waals surface area (Å²) in [5, 5.41) is 20.0. The van der Waals surface area contributed by atoms with Gasteiger partial charge >= 0.3 is 5.97 Å². The number of halogens is 2. The Hall–Kier alpha value is -2.94. The number of carboxylic acids is 1. The number of pyridine rings is 1. The highest BCUT2D eigenvalue weighted by atomic mass is 35.5. The van der Waals surface area contributed by atoms with E-state index in [4.69, 9.17) is 17.3 Å². The van der Waals surface area contributed by atoms with Crippen LogP contribution in [0.15, 0.2) is 41.3 Å².